The van der Waals surface area contributed by atoms with E-state index in [2.05, 4.69) is 19.6 Å². The van der Waals surface area contributed by atoms with E-state index < -0.39 is 0 Å². The topological polar surface area (TPSA) is 52.6 Å². The van der Waals surface area contributed by atoms with Gasteiger partial charge in [-0.05, 0) is 81.1 Å². The summed E-state index contributed by atoms with van der Waals surface area (Å²) in [5.41, 5.74) is 1.57. The maximum Gasteiger partial charge on any atom is 0.336 e. The van der Waals surface area contributed by atoms with Crippen molar-refractivity contribution < 1.29 is 19.1 Å². The quantitative estimate of drug-likeness (QED) is 0.366. The number of hydrogen-bond donors (Lipinski definition) is 0. The summed E-state index contributed by atoms with van der Waals surface area (Å²) >= 11 is 0. The lowest BCUT2D eigenvalue weighted by atomic mass is 9.50. The van der Waals surface area contributed by atoms with Crippen molar-refractivity contribution >= 4 is 11.8 Å². The van der Waals surface area contributed by atoms with Gasteiger partial charge in [0.15, 0.2) is 5.78 Å². The highest BCUT2D eigenvalue weighted by atomic mass is 16.6. The predicted molar refractivity (Wildman–Crippen MR) is 112 cm³/mol. The zero-order chi connectivity index (χ0) is 20.6. The second-order valence-corrected chi connectivity index (χ2v) is 10.7. The number of rotatable bonds is 1. The molecule has 0 aromatic heterocycles. The molecule has 9 atom stereocenters. The van der Waals surface area contributed by atoms with Gasteiger partial charge in [-0.3, -0.25) is 4.79 Å². The molecule has 0 amide bonds. The average molecular weight is 409 g/mol. The molecule has 0 spiro atoms. The van der Waals surface area contributed by atoms with E-state index in [1.165, 1.54) is 24.8 Å². The van der Waals surface area contributed by atoms with Gasteiger partial charge in [0.25, 0.3) is 0 Å². The third-order valence-electron chi connectivity index (χ3n) is 9.85. The molecule has 2 saturated heterocycles. The van der Waals surface area contributed by atoms with Gasteiger partial charge in [0.05, 0.1) is 23.7 Å². The van der Waals surface area contributed by atoms with Gasteiger partial charge >= 0.3 is 5.97 Å². The molecule has 0 radical (unpaired) electrons. The fourth-order valence-electron chi connectivity index (χ4n) is 8.30. The third kappa shape index (κ3) is 2.49. The van der Waals surface area contributed by atoms with Crippen molar-refractivity contribution in [3.05, 3.63) is 36.0 Å². The van der Waals surface area contributed by atoms with Crippen LogP contribution in [0.15, 0.2) is 36.0 Å². The molecule has 9 unspecified atom stereocenters. The monoisotopic (exact) mass is 408 g/mol. The Morgan fingerprint density at radius 3 is 2.60 bits per heavy atom. The van der Waals surface area contributed by atoms with Crippen molar-refractivity contribution in [1.82, 2.24) is 0 Å². The lowest BCUT2D eigenvalue weighted by Crippen LogP contribution is -2.52. The Morgan fingerprint density at radius 1 is 1.03 bits per heavy atom. The van der Waals surface area contributed by atoms with E-state index in [0.29, 0.717) is 53.5 Å². The predicted octanol–water partition coefficient (Wildman–Crippen LogP) is 4.41. The fraction of sp³-hybridized carbons (Fsp3) is 0.692. The molecule has 4 nitrogen and oxygen atoms in total. The van der Waals surface area contributed by atoms with E-state index in [1.54, 1.807) is 0 Å². The first-order valence-corrected chi connectivity index (χ1v) is 11.9. The van der Waals surface area contributed by atoms with Crippen LogP contribution in [0.2, 0.25) is 0 Å². The van der Waals surface area contributed by atoms with Crippen LogP contribution >= 0.6 is 0 Å². The Morgan fingerprint density at radius 2 is 1.77 bits per heavy atom. The highest BCUT2D eigenvalue weighted by Crippen LogP contribution is 2.62. The standard InChI is InChI=1S/C26H32O4/c1-14-22-12-23(30-25(14)28)20(13-29-22)18-9-8-17-16(18)10-11-21-19(17)7-6-15-4-3-5-24(27)26(15,21)2/h3,5-6,16-23H,1,4,7-13H2,2H3. The summed E-state index contributed by atoms with van der Waals surface area (Å²) in [6.07, 6.45) is 13.8. The fourth-order valence-corrected chi connectivity index (χ4v) is 8.30. The first kappa shape index (κ1) is 19.0. The zero-order valence-corrected chi connectivity index (χ0v) is 17.8. The summed E-state index contributed by atoms with van der Waals surface area (Å²) in [4.78, 5) is 25.2. The third-order valence-corrected chi connectivity index (χ3v) is 9.85. The van der Waals surface area contributed by atoms with Crippen LogP contribution in [0, 0.1) is 40.9 Å². The highest BCUT2D eigenvalue weighted by Gasteiger charge is 2.57. The number of carbonyl (C=O) groups is 2. The first-order chi connectivity index (χ1) is 14.5. The summed E-state index contributed by atoms with van der Waals surface area (Å²) in [5.74, 6) is 3.41. The SMILES string of the molecule is C=C1C(=O)OC2CC1OCC2C1CCC2C1CCC1C2CC=C2CC=CC(=O)C21C. The lowest BCUT2D eigenvalue weighted by Gasteiger charge is -2.53. The molecule has 160 valence electrons. The maximum absolute atomic E-state index is 13.0. The van der Waals surface area contributed by atoms with Crippen molar-refractivity contribution in [3.8, 4) is 0 Å². The number of ether oxygens (including phenoxy) is 2. The van der Waals surface area contributed by atoms with Crippen LogP contribution in [0.25, 0.3) is 0 Å². The van der Waals surface area contributed by atoms with Gasteiger partial charge in [-0.1, -0.05) is 24.3 Å². The summed E-state index contributed by atoms with van der Waals surface area (Å²) < 4.78 is 11.9. The smallest absolute Gasteiger partial charge is 0.336 e. The minimum absolute atomic E-state index is 0.0105. The van der Waals surface area contributed by atoms with Crippen LogP contribution < -0.4 is 0 Å². The number of carbonyl (C=O) groups excluding carboxylic acids is 2. The number of hydrogen-bond acceptors (Lipinski definition) is 4. The summed E-state index contributed by atoms with van der Waals surface area (Å²) in [7, 11) is 0. The van der Waals surface area contributed by atoms with E-state index in [-0.39, 0.29) is 23.6 Å². The van der Waals surface area contributed by atoms with E-state index in [4.69, 9.17) is 9.47 Å². The lowest BCUT2D eigenvalue weighted by molar-refractivity contribution is -0.177. The molecule has 2 saturated carbocycles. The Bertz CT molecular complexity index is 868. The van der Waals surface area contributed by atoms with Gasteiger partial charge in [-0.2, -0.15) is 0 Å². The van der Waals surface area contributed by atoms with Crippen LogP contribution in [0.5, 0.6) is 0 Å². The molecule has 0 aromatic rings. The molecule has 4 heteroatoms. The van der Waals surface area contributed by atoms with Crippen LogP contribution in [0.1, 0.15) is 51.9 Å². The highest BCUT2D eigenvalue weighted by molar-refractivity contribution is 5.98. The van der Waals surface area contributed by atoms with Crippen molar-refractivity contribution in [2.45, 2.75) is 64.1 Å². The van der Waals surface area contributed by atoms with Crippen LogP contribution in [0.4, 0.5) is 0 Å². The Kier molecular flexibility index (Phi) is 4.22. The number of ketones is 1. The van der Waals surface area contributed by atoms with Crippen LogP contribution in [-0.4, -0.2) is 30.6 Å². The molecule has 6 aliphatic rings. The first-order valence-electron chi connectivity index (χ1n) is 11.9. The second-order valence-electron chi connectivity index (χ2n) is 10.7. The molecular weight excluding hydrogens is 376 g/mol. The molecule has 4 fully saturated rings. The van der Waals surface area contributed by atoms with Crippen molar-refractivity contribution in [2.24, 2.45) is 40.9 Å². The van der Waals surface area contributed by atoms with E-state index in [1.807, 2.05) is 12.2 Å². The molecule has 2 aliphatic heterocycles. The molecule has 30 heavy (non-hydrogen) atoms. The maximum atomic E-state index is 13.0. The van der Waals surface area contributed by atoms with E-state index in [0.717, 1.165) is 25.7 Å². The summed E-state index contributed by atoms with van der Waals surface area (Å²) in [6, 6.07) is 0. The van der Waals surface area contributed by atoms with Gasteiger partial charge in [0.2, 0.25) is 0 Å². The van der Waals surface area contributed by atoms with Gasteiger partial charge in [0.1, 0.15) is 6.10 Å². The Labute approximate surface area is 178 Å². The van der Waals surface area contributed by atoms with Crippen LogP contribution in [-0.2, 0) is 19.1 Å². The average Bonchev–Trinajstić information content (AvgIpc) is 3.17. The molecule has 0 aromatic carbocycles. The zero-order valence-electron chi connectivity index (χ0n) is 17.8. The van der Waals surface area contributed by atoms with Gasteiger partial charge in [-0.25, -0.2) is 4.79 Å². The molecule has 4 aliphatic carbocycles. The number of fused-ring (bicyclic) bond motifs is 7. The van der Waals surface area contributed by atoms with Crippen molar-refractivity contribution in [1.29, 1.82) is 0 Å². The number of esters is 1. The molecule has 2 bridgehead atoms. The van der Waals surface area contributed by atoms with E-state index in [9.17, 15) is 9.59 Å². The Hall–Kier alpha value is -1.68. The van der Waals surface area contributed by atoms with Gasteiger partial charge in [-0.15, -0.1) is 0 Å². The number of allylic oxidation sites excluding steroid dienone is 4. The molecule has 6 rings (SSSR count). The summed E-state index contributed by atoms with van der Waals surface area (Å²) in [6.45, 7) is 6.77. The molecule has 2 heterocycles. The van der Waals surface area contributed by atoms with E-state index >= 15 is 0 Å². The normalized spacial score (nSPS) is 49.6. The van der Waals surface area contributed by atoms with Gasteiger partial charge in [0, 0.05) is 12.3 Å². The molecule has 0 N–H and O–H groups in total. The van der Waals surface area contributed by atoms with Crippen molar-refractivity contribution in [2.75, 3.05) is 6.61 Å². The second kappa shape index (κ2) is 6.66. The van der Waals surface area contributed by atoms with Gasteiger partial charge < -0.3 is 9.47 Å². The minimum atomic E-state index is -0.277. The van der Waals surface area contributed by atoms with Crippen molar-refractivity contribution in [3.63, 3.8) is 0 Å². The Balaban J connectivity index is 1.24. The molecular formula is C26H32O4. The summed E-state index contributed by atoms with van der Waals surface area (Å²) in [5, 5.41) is 0. The largest absolute Gasteiger partial charge is 0.458 e. The minimum Gasteiger partial charge on any atom is -0.458 e. The van der Waals surface area contributed by atoms with Crippen LogP contribution in [0.3, 0.4) is 0 Å².